The first-order valence-corrected chi connectivity index (χ1v) is 3.30. The van der Waals surface area contributed by atoms with Crippen LogP contribution < -0.4 is 10.6 Å². The Balaban J connectivity index is 3.24. The predicted molar refractivity (Wildman–Crippen MR) is 41.8 cm³/mol. The fourth-order valence-corrected chi connectivity index (χ4v) is 0.459. The second-order valence-corrected chi connectivity index (χ2v) is 1.83. The molecule has 11 heavy (non-hydrogen) atoms. The van der Waals surface area contributed by atoms with Gasteiger partial charge in [-0.3, -0.25) is 0 Å². The molecule has 4 heteroatoms. The first-order valence-electron chi connectivity index (χ1n) is 3.30. The number of nitrogens with zero attached hydrogens (tertiary/aromatic N) is 1. The van der Waals surface area contributed by atoms with E-state index in [1.165, 1.54) is 0 Å². The highest BCUT2D eigenvalue weighted by atomic mass is 16.2. The zero-order valence-electron chi connectivity index (χ0n) is 6.26. The number of rotatable bonds is 4. The van der Waals surface area contributed by atoms with E-state index in [0.717, 1.165) is 0 Å². The van der Waals surface area contributed by atoms with E-state index in [4.69, 9.17) is 5.26 Å². The van der Waals surface area contributed by atoms with Crippen molar-refractivity contribution in [3.05, 3.63) is 12.7 Å². The first-order chi connectivity index (χ1) is 5.31. The van der Waals surface area contributed by atoms with Crippen LogP contribution >= 0.6 is 0 Å². The summed E-state index contributed by atoms with van der Waals surface area (Å²) in [5.41, 5.74) is 0. The molecule has 0 aromatic carbocycles. The van der Waals surface area contributed by atoms with E-state index in [1.807, 2.05) is 6.07 Å². The molecule has 0 radical (unpaired) electrons. The van der Waals surface area contributed by atoms with Gasteiger partial charge in [0.1, 0.15) is 0 Å². The largest absolute Gasteiger partial charge is 0.337 e. The highest BCUT2D eigenvalue weighted by Gasteiger charge is 1.94. The third-order valence-electron chi connectivity index (χ3n) is 0.929. The van der Waals surface area contributed by atoms with Crippen LogP contribution in [0.5, 0.6) is 0 Å². The van der Waals surface area contributed by atoms with E-state index < -0.39 is 0 Å². The molecule has 0 rings (SSSR count). The molecule has 0 aromatic heterocycles. The van der Waals surface area contributed by atoms with Crippen LogP contribution in [0.1, 0.15) is 6.42 Å². The van der Waals surface area contributed by atoms with Crippen molar-refractivity contribution in [3.63, 3.8) is 0 Å². The number of carbonyl (C=O) groups excluding carboxylic acids is 1. The van der Waals surface area contributed by atoms with Crippen LogP contribution in [0, 0.1) is 11.3 Å². The maximum Gasteiger partial charge on any atom is 0.315 e. The van der Waals surface area contributed by atoms with Crippen LogP contribution in [0.15, 0.2) is 12.7 Å². The van der Waals surface area contributed by atoms with Crippen molar-refractivity contribution in [3.8, 4) is 6.07 Å². The molecule has 0 unspecified atom stereocenters. The lowest BCUT2D eigenvalue weighted by Crippen LogP contribution is -2.35. The molecule has 2 N–H and O–H groups in total. The Kier molecular flexibility index (Phi) is 5.72. The van der Waals surface area contributed by atoms with Gasteiger partial charge in [-0.1, -0.05) is 6.08 Å². The Hall–Kier alpha value is -1.50. The maximum atomic E-state index is 10.7. The minimum atomic E-state index is -0.264. The summed E-state index contributed by atoms with van der Waals surface area (Å²) in [5.74, 6) is 0. The topological polar surface area (TPSA) is 64.9 Å². The summed E-state index contributed by atoms with van der Waals surface area (Å²) in [6, 6.07) is 1.65. The van der Waals surface area contributed by atoms with Crippen molar-refractivity contribution < 1.29 is 4.79 Å². The van der Waals surface area contributed by atoms with Crippen LogP contribution in [-0.4, -0.2) is 19.1 Å². The second kappa shape index (κ2) is 6.62. The number of nitriles is 1. The Morgan fingerprint density at radius 2 is 2.36 bits per heavy atom. The molecular formula is C7H11N3O. The van der Waals surface area contributed by atoms with Gasteiger partial charge in [-0.2, -0.15) is 5.26 Å². The highest BCUT2D eigenvalue weighted by Crippen LogP contribution is 1.71. The van der Waals surface area contributed by atoms with Crippen molar-refractivity contribution in [1.82, 2.24) is 10.6 Å². The standard InChI is InChI=1S/C7H11N3O/c1-2-5-9-7(11)10-6-3-4-8/h2H,1,3,5-6H2,(H2,9,10,11). The molecule has 0 fully saturated rings. The molecule has 2 amide bonds. The highest BCUT2D eigenvalue weighted by molar-refractivity contribution is 5.73. The summed E-state index contributed by atoms with van der Waals surface area (Å²) < 4.78 is 0. The number of hydrogen-bond donors (Lipinski definition) is 2. The minimum absolute atomic E-state index is 0.264. The summed E-state index contributed by atoms with van der Waals surface area (Å²) in [6.07, 6.45) is 1.92. The second-order valence-electron chi connectivity index (χ2n) is 1.83. The summed E-state index contributed by atoms with van der Waals surface area (Å²) >= 11 is 0. The predicted octanol–water partition coefficient (Wildman–Crippen LogP) is 0.385. The van der Waals surface area contributed by atoms with E-state index in [1.54, 1.807) is 6.08 Å². The SMILES string of the molecule is C=CCNC(=O)NCCC#N. The van der Waals surface area contributed by atoms with E-state index in [-0.39, 0.29) is 6.03 Å². The fraction of sp³-hybridized carbons (Fsp3) is 0.429. The van der Waals surface area contributed by atoms with Gasteiger partial charge in [-0.15, -0.1) is 6.58 Å². The molecule has 0 saturated carbocycles. The fourth-order valence-electron chi connectivity index (χ4n) is 0.459. The zero-order valence-corrected chi connectivity index (χ0v) is 6.26. The molecule has 0 bridgehead atoms. The number of amides is 2. The van der Waals surface area contributed by atoms with Crippen LogP contribution in [-0.2, 0) is 0 Å². The van der Waals surface area contributed by atoms with Crippen molar-refractivity contribution in [2.24, 2.45) is 0 Å². The zero-order chi connectivity index (χ0) is 8.53. The van der Waals surface area contributed by atoms with Gasteiger partial charge >= 0.3 is 6.03 Å². The number of nitrogens with one attached hydrogen (secondary N) is 2. The molecular weight excluding hydrogens is 142 g/mol. The molecule has 0 aromatic rings. The summed E-state index contributed by atoms with van der Waals surface area (Å²) in [4.78, 5) is 10.7. The Bertz CT molecular complexity index is 171. The van der Waals surface area contributed by atoms with Gasteiger partial charge in [0.05, 0.1) is 12.5 Å². The minimum Gasteiger partial charge on any atom is -0.337 e. The summed E-state index contributed by atoms with van der Waals surface area (Å²) in [5, 5.41) is 13.1. The van der Waals surface area contributed by atoms with E-state index >= 15 is 0 Å². The molecule has 4 nitrogen and oxygen atoms in total. The summed E-state index contributed by atoms with van der Waals surface area (Å²) in [7, 11) is 0. The van der Waals surface area contributed by atoms with E-state index in [2.05, 4.69) is 17.2 Å². The molecule has 0 saturated heterocycles. The average Bonchev–Trinajstić information content (AvgIpc) is 2.01. The molecule has 0 spiro atoms. The quantitative estimate of drug-likeness (QED) is 0.453. The molecule has 60 valence electrons. The number of hydrogen-bond acceptors (Lipinski definition) is 2. The normalized spacial score (nSPS) is 7.91. The monoisotopic (exact) mass is 153 g/mol. The maximum absolute atomic E-state index is 10.7. The number of carbonyl (C=O) groups is 1. The van der Waals surface area contributed by atoms with Crippen LogP contribution in [0.2, 0.25) is 0 Å². The van der Waals surface area contributed by atoms with E-state index in [9.17, 15) is 4.79 Å². The summed E-state index contributed by atoms with van der Waals surface area (Å²) in [6.45, 7) is 4.27. The third-order valence-corrected chi connectivity index (χ3v) is 0.929. The van der Waals surface area contributed by atoms with Crippen molar-refractivity contribution >= 4 is 6.03 Å². The van der Waals surface area contributed by atoms with Crippen LogP contribution in [0.25, 0.3) is 0 Å². The molecule has 0 atom stereocenters. The molecule has 0 aliphatic heterocycles. The van der Waals surface area contributed by atoms with E-state index in [0.29, 0.717) is 19.5 Å². The van der Waals surface area contributed by atoms with Crippen molar-refractivity contribution in [2.45, 2.75) is 6.42 Å². The Morgan fingerprint density at radius 3 is 2.91 bits per heavy atom. The smallest absolute Gasteiger partial charge is 0.315 e. The van der Waals surface area contributed by atoms with Gasteiger partial charge in [0.2, 0.25) is 0 Å². The first kappa shape index (κ1) is 9.50. The van der Waals surface area contributed by atoms with Gasteiger partial charge in [-0.05, 0) is 0 Å². The van der Waals surface area contributed by atoms with Gasteiger partial charge < -0.3 is 10.6 Å². The Morgan fingerprint density at radius 1 is 1.64 bits per heavy atom. The molecule has 0 heterocycles. The average molecular weight is 153 g/mol. The molecule has 0 aliphatic carbocycles. The van der Waals surface area contributed by atoms with Gasteiger partial charge in [0.15, 0.2) is 0 Å². The van der Waals surface area contributed by atoms with Gasteiger partial charge in [0, 0.05) is 13.1 Å². The lowest BCUT2D eigenvalue weighted by atomic mass is 10.5. The van der Waals surface area contributed by atoms with Gasteiger partial charge in [-0.25, -0.2) is 4.79 Å². The van der Waals surface area contributed by atoms with Gasteiger partial charge in [0.25, 0.3) is 0 Å². The molecule has 0 aliphatic rings. The lowest BCUT2D eigenvalue weighted by molar-refractivity contribution is 0.242. The number of urea groups is 1. The third kappa shape index (κ3) is 6.38. The van der Waals surface area contributed by atoms with Crippen molar-refractivity contribution in [2.75, 3.05) is 13.1 Å². The Labute approximate surface area is 65.9 Å². The lowest BCUT2D eigenvalue weighted by Gasteiger charge is -2.01. The van der Waals surface area contributed by atoms with Crippen LogP contribution in [0.4, 0.5) is 4.79 Å². The van der Waals surface area contributed by atoms with Crippen LogP contribution in [0.3, 0.4) is 0 Å². The van der Waals surface area contributed by atoms with Crippen molar-refractivity contribution in [1.29, 1.82) is 5.26 Å².